The first-order chi connectivity index (χ1) is 50.3. The molecule has 0 spiro atoms. The summed E-state index contributed by atoms with van der Waals surface area (Å²) in [7, 11) is 0. The van der Waals surface area contributed by atoms with Crippen molar-refractivity contribution in [1.29, 1.82) is 0 Å². The molecule has 13 aromatic carbocycles. The Morgan fingerprint density at radius 3 is 0.867 bits per heavy atom. The molecule has 2 aliphatic rings. The zero-order valence-electron chi connectivity index (χ0n) is 63.2. The molecule has 4 aromatic heterocycles. The Labute approximate surface area is 617 Å². The lowest BCUT2D eigenvalue weighted by atomic mass is 9.33. The Balaban J connectivity index is 0.968. The normalized spacial score (nSPS) is 13.6. The lowest BCUT2D eigenvalue weighted by molar-refractivity contribution is 0.590. The third kappa shape index (κ3) is 9.82. The highest BCUT2D eigenvalue weighted by Crippen LogP contribution is 2.53. The van der Waals surface area contributed by atoms with Crippen molar-refractivity contribution in [2.24, 2.45) is 0 Å². The summed E-state index contributed by atoms with van der Waals surface area (Å²) < 4.78 is 10.2. The molecule has 0 atom stereocenters. The quantitative estimate of drug-likeness (QED) is 0.155. The van der Waals surface area contributed by atoms with Gasteiger partial charge in [-0.15, -0.1) is 0 Å². The van der Waals surface area contributed by atoms with Crippen molar-refractivity contribution in [2.45, 2.75) is 131 Å². The van der Waals surface area contributed by atoms with E-state index in [1.165, 1.54) is 132 Å². The fourth-order valence-corrected chi connectivity index (χ4v) is 17.7. The van der Waals surface area contributed by atoms with Crippen LogP contribution in [0.3, 0.4) is 0 Å². The van der Waals surface area contributed by atoms with Gasteiger partial charge in [0, 0.05) is 88.6 Å². The van der Waals surface area contributed by atoms with Crippen LogP contribution in [0.5, 0.6) is 0 Å². The van der Waals surface area contributed by atoms with Gasteiger partial charge in [-0.05, 0) is 205 Å². The molecule has 6 nitrogen and oxygen atoms in total. The Bertz CT molecular complexity index is 5970. The second-order valence-electron chi connectivity index (χ2n) is 35.1. The summed E-state index contributed by atoms with van der Waals surface area (Å²) in [6, 6.07) is 103. The maximum atomic E-state index is 2.70. The van der Waals surface area contributed by atoms with E-state index in [1.54, 1.807) is 0 Å². The van der Waals surface area contributed by atoms with Crippen LogP contribution in [0.15, 0.2) is 267 Å². The number of aromatic nitrogens is 4. The average molecular weight is 1360 g/mol. The number of hydrogen-bond donors (Lipinski definition) is 0. The van der Waals surface area contributed by atoms with Crippen molar-refractivity contribution in [3.05, 3.63) is 295 Å². The Hall–Kier alpha value is -11.3. The van der Waals surface area contributed by atoms with Crippen LogP contribution in [0, 0.1) is 0 Å². The second-order valence-corrected chi connectivity index (χ2v) is 35.1. The van der Waals surface area contributed by atoms with E-state index < -0.39 is 0 Å². The molecule has 0 bridgehead atoms. The molecule has 0 saturated carbocycles. The number of nitrogens with zero attached hydrogens (tertiary/aromatic N) is 6. The third-order valence-corrected chi connectivity index (χ3v) is 23.3. The maximum absolute atomic E-state index is 2.70. The molecular formula is C98H89BN6. The van der Waals surface area contributed by atoms with E-state index >= 15 is 0 Å². The largest absolute Gasteiger partial charge is 0.309 e. The first kappa shape index (κ1) is 64.6. The molecule has 0 N–H and O–H groups in total. The summed E-state index contributed by atoms with van der Waals surface area (Å²) in [5, 5.41) is 9.91. The van der Waals surface area contributed by atoms with Crippen LogP contribution in [-0.2, 0) is 27.1 Å². The lowest BCUT2D eigenvalue weighted by Crippen LogP contribution is -2.61. The highest BCUT2D eigenvalue weighted by Gasteiger charge is 2.46. The topological polar surface area (TPSA) is 26.2 Å². The molecule has 0 radical (unpaired) electrons. The Morgan fingerprint density at radius 2 is 0.524 bits per heavy atom. The summed E-state index contributed by atoms with van der Waals surface area (Å²) in [5.41, 5.74) is 30.5. The van der Waals surface area contributed by atoms with Gasteiger partial charge in [0.15, 0.2) is 0 Å². The van der Waals surface area contributed by atoms with E-state index in [0.29, 0.717) is 0 Å². The van der Waals surface area contributed by atoms with Gasteiger partial charge >= 0.3 is 0 Å². The van der Waals surface area contributed by atoms with Gasteiger partial charge in [-0.25, -0.2) is 0 Å². The van der Waals surface area contributed by atoms with Crippen molar-refractivity contribution >= 4 is 144 Å². The summed E-state index contributed by atoms with van der Waals surface area (Å²) in [6.45, 7) is 35.0. The summed E-state index contributed by atoms with van der Waals surface area (Å²) >= 11 is 0. The molecule has 17 aromatic rings. The van der Waals surface area contributed by atoms with Crippen LogP contribution >= 0.6 is 0 Å². The van der Waals surface area contributed by atoms with E-state index in [1.807, 2.05) is 0 Å². The predicted molar refractivity (Wildman–Crippen MR) is 451 cm³/mol. The summed E-state index contributed by atoms with van der Waals surface area (Å²) in [6.07, 6.45) is 0. The fourth-order valence-electron chi connectivity index (χ4n) is 17.7. The van der Waals surface area contributed by atoms with E-state index in [4.69, 9.17) is 0 Å². The van der Waals surface area contributed by atoms with Gasteiger partial charge < -0.3 is 28.1 Å². The molecular weight excluding hydrogens is 1270 g/mol. The zero-order chi connectivity index (χ0) is 72.3. The van der Waals surface area contributed by atoms with E-state index in [0.717, 1.165) is 56.5 Å². The van der Waals surface area contributed by atoms with Gasteiger partial charge in [0.05, 0.1) is 55.5 Å². The van der Waals surface area contributed by atoms with Gasteiger partial charge in [0.25, 0.3) is 6.71 Å². The van der Waals surface area contributed by atoms with Crippen LogP contribution in [0.1, 0.15) is 132 Å². The van der Waals surface area contributed by atoms with Crippen LogP contribution in [0.25, 0.3) is 110 Å². The Morgan fingerprint density at radius 1 is 0.210 bits per heavy atom. The number of rotatable bonds is 6. The standard InChI is InChI=1S/C98H89BN6/c1-94(2,3)60-40-48-81-73(52-60)74-53-61(95(4,5)6)41-49-82(74)100(81)67-44-46-77-87(58-67)104(85-38-26-34-71-69-32-22-24-36-79(69)102(92(71)85)65-28-18-16-19-29-65)89-56-64(98(13,14)15)57-90-91(89)99(77)78-47-45-68(101-83-50-42-62(96(7,8)9)54-75(83)76-55-63(97(10,11)12)43-51-84(76)101)59-88(78)105(90)86-39-27-35-72-70-33-23-25-37-80(70)103(93(72)86)66-30-20-17-21-31-66/h16-59H,1-15H3. The highest BCUT2D eigenvalue weighted by molar-refractivity contribution is 7.00. The van der Waals surface area contributed by atoms with Gasteiger partial charge in [-0.2, -0.15) is 0 Å². The molecule has 514 valence electrons. The third-order valence-electron chi connectivity index (χ3n) is 23.3. The van der Waals surface area contributed by atoms with Gasteiger partial charge in [-0.3, -0.25) is 0 Å². The molecule has 0 fully saturated rings. The number of benzene rings is 13. The molecule has 0 amide bonds. The zero-order valence-corrected chi connectivity index (χ0v) is 63.2. The molecule has 0 saturated heterocycles. The molecule has 0 aliphatic carbocycles. The number of fused-ring (bicyclic) bond motifs is 16. The summed E-state index contributed by atoms with van der Waals surface area (Å²) in [4.78, 5) is 5.39. The SMILES string of the molecule is CC(C)(C)c1cc2c3c(c1)N(c1cccc4c5ccccc5n(-c5ccccc5)c14)c1cc(-n4c5ccc(C(C)(C)C)cc5c5cc(C(C)(C)C)ccc54)ccc1B3c1ccc(-n3c4ccc(C(C)(C)C)cc4c4cc(C(C)(C)C)ccc43)cc1N2c1cccc2c3ccccc3n(-c3ccccc3)c12. The number of anilines is 6. The first-order valence-corrected chi connectivity index (χ1v) is 37.7. The van der Waals surface area contributed by atoms with Gasteiger partial charge in [-0.1, -0.05) is 237 Å². The van der Waals surface area contributed by atoms with Crippen LogP contribution in [-0.4, -0.2) is 25.0 Å². The van der Waals surface area contributed by atoms with Crippen molar-refractivity contribution in [3.8, 4) is 22.7 Å². The van der Waals surface area contributed by atoms with E-state index in [-0.39, 0.29) is 33.8 Å². The highest BCUT2D eigenvalue weighted by atomic mass is 15.2. The van der Waals surface area contributed by atoms with Gasteiger partial charge in [0.1, 0.15) is 0 Å². The maximum Gasteiger partial charge on any atom is 0.252 e. The number of para-hydroxylation sites is 6. The van der Waals surface area contributed by atoms with E-state index in [2.05, 4.69) is 399 Å². The second kappa shape index (κ2) is 22.6. The summed E-state index contributed by atoms with van der Waals surface area (Å²) in [5.74, 6) is 0. The Kier molecular flexibility index (Phi) is 13.9. The minimum absolute atomic E-state index is 0.0484. The smallest absolute Gasteiger partial charge is 0.252 e. The van der Waals surface area contributed by atoms with Crippen molar-refractivity contribution in [3.63, 3.8) is 0 Å². The predicted octanol–water partition coefficient (Wildman–Crippen LogP) is 24.6. The molecule has 7 heteroatoms. The van der Waals surface area contributed by atoms with Gasteiger partial charge in [0.2, 0.25) is 0 Å². The fraction of sp³-hybridized carbons (Fsp3) is 0.204. The first-order valence-electron chi connectivity index (χ1n) is 37.7. The van der Waals surface area contributed by atoms with Crippen molar-refractivity contribution < 1.29 is 0 Å². The molecule has 105 heavy (non-hydrogen) atoms. The minimum atomic E-state index is -0.305. The minimum Gasteiger partial charge on any atom is -0.309 e. The number of hydrogen-bond acceptors (Lipinski definition) is 2. The van der Waals surface area contributed by atoms with Crippen molar-refractivity contribution in [2.75, 3.05) is 9.80 Å². The van der Waals surface area contributed by atoms with Crippen LogP contribution in [0.4, 0.5) is 34.1 Å². The van der Waals surface area contributed by atoms with Crippen molar-refractivity contribution in [1.82, 2.24) is 18.3 Å². The van der Waals surface area contributed by atoms with Crippen LogP contribution < -0.4 is 26.2 Å². The van der Waals surface area contributed by atoms with Crippen LogP contribution in [0.2, 0.25) is 0 Å². The monoisotopic (exact) mass is 1360 g/mol. The molecule has 2 aliphatic heterocycles. The average Bonchev–Trinajstić information content (AvgIpc) is 1.19. The van der Waals surface area contributed by atoms with E-state index in [9.17, 15) is 0 Å². The molecule has 6 heterocycles. The molecule has 0 unspecified atom stereocenters. The lowest BCUT2D eigenvalue weighted by Gasteiger charge is -2.45. The molecule has 19 rings (SSSR count).